The molecular weight excluding hydrogens is 226 g/mol. The number of benzene rings is 1. The highest BCUT2D eigenvalue weighted by Crippen LogP contribution is 2.31. The molecule has 1 aromatic carbocycles. The van der Waals surface area contributed by atoms with E-state index in [1.807, 2.05) is 12.1 Å². The lowest BCUT2D eigenvalue weighted by Crippen LogP contribution is -2.08. The quantitative estimate of drug-likeness (QED) is 0.885. The molecule has 1 aliphatic carbocycles. The molecule has 1 N–H and O–H groups in total. The molecule has 3 heteroatoms. The van der Waals surface area contributed by atoms with E-state index < -0.39 is 0 Å². The lowest BCUT2D eigenvalue weighted by atomic mass is 9.98. The van der Waals surface area contributed by atoms with Crippen molar-refractivity contribution in [1.82, 2.24) is 0 Å². The second kappa shape index (κ2) is 5.34. The van der Waals surface area contributed by atoms with Crippen molar-refractivity contribution in [3.8, 4) is 0 Å². The summed E-state index contributed by atoms with van der Waals surface area (Å²) in [5.74, 6) is 0.335. The van der Waals surface area contributed by atoms with Gasteiger partial charge in [0.15, 0.2) is 5.78 Å². The van der Waals surface area contributed by atoms with Crippen molar-refractivity contribution in [2.24, 2.45) is 5.92 Å². The minimum Gasteiger partial charge on any atom is -0.326 e. The van der Waals surface area contributed by atoms with Crippen molar-refractivity contribution in [1.29, 1.82) is 0 Å². The Balaban J connectivity index is 2.15. The van der Waals surface area contributed by atoms with Crippen LogP contribution in [0.1, 0.15) is 49.0 Å². The van der Waals surface area contributed by atoms with Gasteiger partial charge >= 0.3 is 0 Å². The molecule has 1 atom stereocenters. The fourth-order valence-corrected chi connectivity index (χ4v) is 2.55. The number of Topliss-reactive ketones (excluding diaryl/α,β-unsaturated/α-hetero) is 1. The number of carbonyl (C=O) groups is 2. The Morgan fingerprint density at radius 1 is 1.44 bits per heavy atom. The number of fused-ring (bicyclic) bond motifs is 1. The normalized spacial score (nSPS) is 17.7. The van der Waals surface area contributed by atoms with Crippen LogP contribution in [-0.4, -0.2) is 11.7 Å². The summed E-state index contributed by atoms with van der Waals surface area (Å²) < 4.78 is 0. The lowest BCUT2D eigenvalue weighted by Gasteiger charge is -2.05. The Morgan fingerprint density at radius 3 is 2.89 bits per heavy atom. The highest BCUT2D eigenvalue weighted by atomic mass is 16.1. The van der Waals surface area contributed by atoms with Crippen LogP contribution in [-0.2, 0) is 11.2 Å². The summed E-state index contributed by atoms with van der Waals surface area (Å²) >= 11 is 0. The zero-order chi connectivity index (χ0) is 13.1. The van der Waals surface area contributed by atoms with E-state index in [4.69, 9.17) is 0 Å². The van der Waals surface area contributed by atoms with E-state index in [1.165, 1.54) is 6.92 Å². The Labute approximate surface area is 108 Å². The molecule has 0 aliphatic heterocycles. The number of ketones is 1. The molecule has 0 aromatic heterocycles. The Kier molecular flexibility index (Phi) is 3.80. The minimum absolute atomic E-state index is 0.0817. The molecule has 0 bridgehead atoms. The maximum absolute atomic E-state index is 12.1. The second-order valence-corrected chi connectivity index (χ2v) is 4.96. The van der Waals surface area contributed by atoms with Gasteiger partial charge in [-0.2, -0.15) is 0 Å². The predicted octanol–water partition coefficient (Wildman–Crippen LogP) is 3.19. The molecule has 3 nitrogen and oxygen atoms in total. The highest BCUT2D eigenvalue weighted by Gasteiger charge is 2.29. The standard InChI is InChI=1S/C15H19NO2/c1-3-4-5-11-8-12-9-13(16-10(2)17)6-7-14(12)15(11)18/h6-7,9,11H,3-5,8H2,1-2H3,(H,16,17). The van der Waals surface area contributed by atoms with Crippen LogP contribution in [0.5, 0.6) is 0 Å². The topological polar surface area (TPSA) is 46.2 Å². The summed E-state index contributed by atoms with van der Waals surface area (Å²) in [5, 5.41) is 2.76. The van der Waals surface area contributed by atoms with Crippen LogP contribution >= 0.6 is 0 Å². The van der Waals surface area contributed by atoms with E-state index in [2.05, 4.69) is 12.2 Å². The van der Waals surface area contributed by atoms with E-state index >= 15 is 0 Å². The van der Waals surface area contributed by atoms with Crippen molar-refractivity contribution in [2.75, 3.05) is 5.32 Å². The first-order valence-electron chi connectivity index (χ1n) is 6.56. The molecule has 1 aliphatic rings. The van der Waals surface area contributed by atoms with Gasteiger partial charge in [-0.1, -0.05) is 19.8 Å². The first-order chi connectivity index (χ1) is 8.61. The number of anilines is 1. The first-order valence-corrected chi connectivity index (χ1v) is 6.56. The van der Waals surface area contributed by atoms with E-state index in [0.29, 0.717) is 0 Å². The molecule has 1 unspecified atom stereocenters. The van der Waals surface area contributed by atoms with Crippen LogP contribution in [0, 0.1) is 5.92 Å². The molecule has 96 valence electrons. The van der Waals surface area contributed by atoms with E-state index in [9.17, 15) is 9.59 Å². The van der Waals surface area contributed by atoms with Crippen molar-refractivity contribution in [3.05, 3.63) is 29.3 Å². The summed E-state index contributed by atoms with van der Waals surface area (Å²) in [6.45, 7) is 3.63. The molecule has 0 spiro atoms. The predicted molar refractivity (Wildman–Crippen MR) is 71.8 cm³/mol. The smallest absolute Gasteiger partial charge is 0.221 e. The van der Waals surface area contributed by atoms with Crippen LogP contribution in [0.4, 0.5) is 5.69 Å². The molecule has 2 rings (SSSR count). The van der Waals surface area contributed by atoms with Gasteiger partial charge in [0.25, 0.3) is 0 Å². The van der Waals surface area contributed by atoms with Gasteiger partial charge in [-0.05, 0) is 36.6 Å². The van der Waals surface area contributed by atoms with Crippen molar-refractivity contribution < 1.29 is 9.59 Å². The van der Waals surface area contributed by atoms with Crippen LogP contribution in [0.3, 0.4) is 0 Å². The number of unbranched alkanes of at least 4 members (excludes halogenated alkanes) is 1. The lowest BCUT2D eigenvalue weighted by molar-refractivity contribution is -0.114. The molecule has 0 fully saturated rings. The first kappa shape index (κ1) is 12.8. The monoisotopic (exact) mass is 245 g/mol. The van der Waals surface area contributed by atoms with Gasteiger partial charge in [0.2, 0.25) is 5.91 Å². The molecule has 0 heterocycles. The van der Waals surface area contributed by atoms with Crippen molar-refractivity contribution in [3.63, 3.8) is 0 Å². The van der Waals surface area contributed by atoms with Gasteiger partial charge in [0, 0.05) is 24.1 Å². The van der Waals surface area contributed by atoms with Gasteiger partial charge in [-0.3, -0.25) is 9.59 Å². The molecule has 0 radical (unpaired) electrons. The van der Waals surface area contributed by atoms with Gasteiger partial charge < -0.3 is 5.32 Å². The molecular formula is C15H19NO2. The average Bonchev–Trinajstić information content (AvgIpc) is 2.62. The second-order valence-electron chi connectivity index (χ2n) is 4.96. The third-order valence-electron chi connectivity index (χ3n) is 3.43. The SMILES string of the molecule is CCCCC1Cc2cc(NC(C)=O)ccc2C1=O. The Hall–Kier alpha value is -1.64. The van der Waals surface area contributed by atoms with Crippen molar-refractivity contribution in [2.45, 2.75) is 39.5 Å². The van der Waals surface area contributed by atoms with E-state index in [0.717, 1.165) is 42.5 Å². The number of rotatable bonds is 4. The van der Waals surface area contributed by atoms with E-state index in [-0.39, 0.29) is 17.6 Å². The zero-order valence-corrected chi connectivity index (χ0v) is 11.0. The maximum atomic E-state index is 12.1. The molecule has 1 amide bonds. The zero-order valence-electron chi connectivity index (χ0n) is 11.0. The minimum atomic E-state index is -0.0817. The summed E-state index contributed by atoms with van der Waals surface area (Å²) in [6.07, 6.45) is 4.02. The van der Waals surface area contributed by atoms with Gasteiger partial charge in [0.05, 0.1) is 0 Å². The molecule has 0 saturated heterocycles. The fraction of sp³-hybridized carbons (Fsp3) is 0.467. The van der Waals surface area contributed by atoms with Crippen LogP contribution < -0.4 is 5.32 Å². The Bertz CT molecular complexity index is 479. The summed E-state index contributed by atoms with van der Waals surface area (Å²) in [6, 6.07) is 5.58. The van der Waals surface area contributed by atoms with Crippen LogP contribution in [0.2, 0.25) is 0 Å². The largest absolute Gasteiger partial charge is 0.326 e. The Morgan fingerprint density at radius 2 is 2.22 bits per heavy atom. The molecule has 0 saturated carbocycles. The average molecular weight is 245 g/mol. The summed E-state index contributed by atoms with van der Waals surface area (Å²) in [4.78, 5) is 23.2. The third-order valence-corrected chi connectivity index (χ3v) is 3.43. The van der Waals surface area contributed by atoms with Crippen LogP contribution in [0.25, 0.3) is 0 Å². The molecule has 18 heavy (non-hydrogen) atoms. The number of nitrogens with one attached hydrogen (secondary N) is 1. The maximum Gasteiger partial charge on any atom is 0.221 e. The van der Waals surface area contributed by atoms with Gasteiger partial charge in [-0.15, -0.1) is 0 Å². The number of carbonyl (C=O) groups excluding carboxylic acids is 2. The van der Waals surface area contributed by atoms with Gasteiger partial charge in [-0.25, -0.2) is 0 Å². The number of amides is 1. The van der Waals surface area contributed by atoms with E-state index in [1.54, 1.807) is 6.07 Å². The summed E-state index contributed by atoms with van der Waals surface area (Å²) in [7, 11) is 0. The van der Waals surface area contributed by atoms with Crippen LogP contribution in [0.15, 0.2) is 18.2 Å². The van der Waals surface area contributed by atoms with Gasteiger partial charge in [0.1, 0.15) is 0 Å². The number of hydrogen-bond acceptors (Lipinski definition) is 2. The highest BCUT2D eigenvalue weighted by molar-refractivity contribution is 6.03. The molecule has 1 aromatic rings. The number of hydrogen-bond donors (Lipinski definition) is 1. The third kappa shape index (κ3) is 2.61. The van der Waals surface area contributed by atoms with Crippen molar-refractivity contribution >= 4 is 17.4 Å². The fourth-order valence-electron chi connectivity index (χ4n) is 2.55. The summed E-state index contributed by atoms with van der Waals surface area (Å²) in [5.41, 5.74) is 2.70.